The van der Waals surface area contributed by atoms with Crippen LogP contribution in [0.25, 0.3) is 0 Å². The summed E-state index contributed by atoms with van der Waals surface area (Å²) in [7, 11) is 1.73. The zero-order chi connectivity index (χ0) is 14.7. The number of aromatic nitrogens is 1. The number of rotatable bonds is 4. The Bertz CT molecular complexity index is 597. The van der Waals surface area contributed by atoms with Crippen molar-refractivity contribution in [3.63, 3.8) is 0 Å². The van der Waals surface area contributed by atoms with Crippen LogP contribution in [0.3, 0.4) is 0 Å². The Morgan fingerprint density at radius 3 is 2.95 bits per heavy atom. The molecule has 0 spiro atoms. The zero-order valence-electron chi connectivity index (χ0n) is 12.7. The standard InChI is InChI=1S/C18H22N2O/c1-13(17-7-3-4-11-19-17)20-18-8-5-6-14-9-10-15(21-2)12-16(14)18/h3-4,7,9-13,18,20H,5-6,8H2,1-2H3/t13-,18?/m0/s1. The Morgan fingerprint density at radius 2 is 2.19 bits per heavy atom. The Kier molecular flexibility index (Phi) is 4.20. The van der Waals surface area contributed by atoms with E-state index < -0.39 is 0 Å². The summed E-state index contributed by atoms with van der Waals surface area (Å²) in [5.41, 5.74) is 3.91. The topological polar surface area (TPSA) is 34.1 Å². The number of benzene rings is 1. The molecule has 21 heavy (non-hydrogen) atoms. The normalized spacial score (nSPS) is 18.9. The average Bonchev–Trinajstić information content (AvgIpc) is 2.55. The van der Waals surface area contributed by atoms with E-state index in [0.29, 0.717) is 6.04 Å². The van der Waals surface area contributed by atoms with Gasteiger partial charge >= 0.3 is 0 Å². The summed E-state index contributed by atoms with van der Waals surface area (Å²) in [5.74, 6) is 0.938. The molecule has 1 unspecified atom stereocenters. The summed E-state index contributed by atoms with van der Waals surface area (Å²) in [4.78, 5) is 4.45. The number of pyridine rings is 1. The lowest BCUT2D eigenvalue weighted by Gasteiger charge is -2.29. The van der Waals surface area contributed by atoms with E-state index in [1.807, 2.05) is 18.3 Å². The van der Waals surface area contributed by atoms with Gasteiger partial charge in [0, 0.05) is 18.3 Å². The minimum absolute atomic E-state index is 0.244. The number of aryl methyl sites for hydroxylation is 1. The SMILES string of the molecule is COc1ccc2c(c1)C(N[C@@H](C)c1ccccn1)CCC2. The van der Waals surface area contributed by atoms with Crippen LogP contribution in [0, 0.1) is 0 Å². The number of methoxy groups -OCH3 is 1. The molecule has 1 aliphatic rings. The highest BCUT2D eigenvalue weighted by molar-refractivity contribution is 5.39. The summed E-state index contributed by atoms with van der Waals surface area (Å²) >= 11 is 0. The minimum atomic E-state index is 0.244. The van der Waals surface area contributed by atoms with Crippen molar-refractivity contribution in [3.05, 3.63) is 59.4 Å². The smallest absolute Gasteiger partial charge is 0.119 e. The van der Waals surface area contributed by atoms with E-state index >= 15 is 0 Å². The van der Waals surface area contributed by atoms with Gasteiger partial charge in [0.25, 0.3) is 0 Å². The van der Waals surface area contributed by atoms with E-state index in [1.54, 1.807) is 7.11 Å². The van der Waals surface area contributed by atoms with E-state index in [2.05, 4.69) is 41.5 Å². The molecule has 110 valence electrons. The van der Waals surface area contributed by atoms with Gasteiger partial charge < -0.3 is 10.1 Å². The first kappa shape index (κ1) is 14.1. The Labute approximate surface area is 126 Å². The molecule has 0 amide bonds. The quantitative estimate of drug-likeness (QED) is 0.925. The number of ether oxygens (including phenoxy) is 1. The van der Waals surface area contributed by atoms with Crippen molar-refractivity contribution < 1.29 is 4.74 Å². The van der Waals surface area contributed by atoms with Gasteiger partial charge in [-0.2, -0.15) is 0 Å². The maximum Gasteiger partial charge on any atom is 0.119 e. The van der Waals surface area contributed by atoms with Gasteiger partial charge in [0.15, 0.2) is 0 Å². The molecule has 0 aliphatic heterocycles. The van der Waals surface area contributed by atoms with Gasteiger partial charge in [-0.25, -0.2) is 0 Å². The summed E-state index contributed by atoms with van der Waals surface area (Å²) in [5, 5.41) is 3.72. The summed E-state index contributed by atoms with van der Waals surface area (Å²) in [6.07, 6.45) is 5.41. The van der Waals surface area contributed by atoms with Gasteiger partial charge in [0.05, 0.1) is 12.8 Å². The van der Waals surface area contributed by atoms with E-state index in [1.165, 1.54) is 17.5 Å². The lowest BCUT2D eigenvalue weighted by Crippen LogP contribution is -2.28. The minimum Gasteiger partial charge on any atom is -0.497 e. The average molecular weight is 282 g/mol. The van der Waals surface area contributed by atoms with Crippen LogP contribution in [0.2, 0.25) is 0 Å². The zero-order valence-corrected chi connectivity index (χ0v) is 12.7. The van der Waals surface area contributed by atoms with Crippen LogP contribution in [0.1, 0.15) is 48.7 Å². The first-order valence-corrected chi connectivity index (χ1v) is 7.61. The Hall–Kier alpha value is -1.87. The fourth-order valence-corrected chi connectivity index (χ4v) is 3.10. The predicted molar refractivity (Wildman–Crippen MR) is 84.5 cm³/mol. The molecule has 1 aliphatic carbocycles. The van der Waals surface area contributed by atoms with Gasteiger partial charge in [0.2, 0.25) is 0 Å². The second-order valence-corrected chi connectivity index (χ2v) is 5.65. The molecule has 1 aromatic carbocycles. The van der Waals surface area contributed by atoms with Crippen molar-refractivity contribution in [2.45, 2.75) is 38.3 Å². The van der Waals surface area contributed by atoms with Crippen molar-refractivity contribution in [2.75, 3.05) is 7.11 Å². The van der Waals surface area contributed by atoms with Crippen molar-refractivity contribution in [2.24, 2.45) is 0 Å². The molecule has 0 saturated heterocycles. The molecule has 0 bridgehead atoms. The first-order chi connectivity index (χ1) is 10.3. The molecule has 2 atom stereocenters. The molecule has 3 nitrogen and oxygen atoms in total. The van der Waals surface area contributed by atoms with Gasteiger partial charge in [0.1, 0.15) is 5.75 Å². The first-order valence-electron chi connectivity index (χ1n) is 7.61. The van der Waals surface area contributed by atoms with Crippen molar-refractivity contribution in [1.82, 2.24) is 10.3 Å². The van der Waals surface area contributed by atoms with Crippen LogP contribution in [-0.2, 0) is 6.42 Å². The summed E-state index contributed by atoms with van der Waals surface area (Å²) in [6.45, 7) is 2.18. The molecular formula is C18H22N2O. The second kappa shape index (κ2) is 6.27. The molecule has 1 aromatic heterocycles. The second-order valence-electron chi connectivity index (χ2n) is 5.65. The molecule has 0 radical (unpaired) electrons. The third-order valence-electron chi connectivity index (χ3n) is 4.25. The van der Waals surface area contributed by atoms with E-state index in [9.17, 15) is 0 Å². The molecule has 1 heterocycles. The molecule has 3 rings (SSSR count). The highest BCUT2D eigenvalue weighted by Crippen LogP contribution is 2.33. The van der Waals surface area contributed by atoms with E-state index in [4.69, 9.17) is 4.74 Å². The Morgan fingerprint density at radius 1 is 1.29 bits per heavy atom. The van der Waals surface area contributed by atoms with Gasteiger partial charge in [-0.3, -0.25) is 4.98 Å². The lowest BCUT2D eigenvalue weighted by molar-refractivity contribution is 0.397. The predicted octanol–water partition coefficient (Wildman–Crippen LogP) is 3.82. The van der Waals surface area contributed by atoms with Crippen LogP contribution in [0.15, 0.2) is 42.6 Å². The molecule has 2 aromatic rings. The number of nitrogens with zero attached hydrogens (tertiary/aromatic N) is 1. The maximum atomic E-state index is 5.38. The van der Waals surface area contributed by atoms with Gasteiger partial charge in [-0.05, 0) is 61.6 Å². The molecule has 0 fully saturated rings. The molecule has 3 heteroatoms. The molecule has 0 saturated carbocycles. The Balaban J connectivity index is 1.81. The van der Waals surface area contributed by atoms with Crippen molar-refractivity contribution >= 4 is 0 Å². The number of fused-ring (bicyclic) bond motifs is 1. The van der Waals surface area contributed by atoms with Crippen LogP contribution < -0.4 is 10.1 Å². The third kappa shape index (κ3) is 3.08. The van der Waals surface area contributed by atoms with E-state index in [-0.39, 0.29) is 6.04 Å². The number of hydrogen-bond acceptors (Lipinski definition) is 3. The van der Waals surface area contributed by atoms with Gasteiger partial charge in [-0.15, -0.1) is 0 Å². The van der Waals surface area contributed by atoms with Crippen molar-refractivity contribution in [3.8, 4) is 5.75 Å². The fraction of sp³-hybridized carbons (Fsp3) is 0.389. The maximum absolute atomic E-state index is 5.38. The lowest BCUT2D eigenvalue weighted by atomic mass is 9.87. The molecular weight excluding hydrogens is 260 g/mol. The van der Waals surface area contributed by atoms with Crippen LogP contribution >= 0.6 is 0 Å². The number of hydrogen-bond donors (Lipinski definition) is 1. The largest absolute Gasteiger partial charge is 0.497 e. The van der Waals surface area contributed by atoms with Crippen molar-refractivity contribution in [1.29, 1.82) is 0 Å². The highest BCUT2D eigenvalue weighted by Gasteiger charge is 2.22. The fourth-order valence-electron chi connectivity index (χ4n) is 3.10. The highest BCUT2D eigenvalue weighted by atomic mass is 16.5. The van der Waals surface area contributed by atoms with E-state index in [0.717, 1.165) is 24.3 Å². The van der Waals surface area contributed by atoms with Crippen LogP contribution in [0.4, 0.5) is 0 Å². The third-order valence-corrected chi connectivity index (χ3v) is 4.25. The number of nitrogens with one attached hydrogen (secondary N) is 1. The van der Waals surface area contributed by atoms with Crippen LogP contribution in [0.5, 0.6) is 5.75 Å². The summed E-state index contributed by atoms with van der Waals surface area (Å²) in [6, 6.07) is 13.1. The van der Waals surface area contributed by atoms with Crippen LogP contribution in [-0.4, -0.2) is 12.1 Å². The monoisotopic (exact) mass is 282 g/mol. The summed E-state index contributed by atoms with van der Waals surface area (Å²) < 4.78 is 5.38. The van der Waals surface area contributed by atoms with Gasteiger partial charge in [-0.1, -0.05) is 12.1 Å². The molecule has 1 N–H and O–H groups in total.